The largest absolute Gasteiger partial charge is 0.361 e. The van der Waals surface area contributed by atoms with Gasteiger partial charge in [0.05, 0.1) is 37.6 Å². The van der Waals surface area contributed by atoms with Crippen LogP contribution < -0.4 is 11.5 Å². The predicted molar refractivity (Wildman–Crippen MR) is 226 cm³/mol. The van der Waals surface area contributed by atoms with E-state index in [1.165, 1.54) is 42.4 Å². The summed E-state index contributed by atoms with van der Waals surface area (Å²) in [6.45, 7) is 24.8. The first kappa shape index (κ1) is 44.1. The third kappa shape index (κ3) is 13.2. The van der Waals surface area contributed by atoms with E-state index in [1.807, 2.05) is 30.1 Å². The van der Waals surface area contributed by atoms with Crippen LogP contribution >= 0.6 is 12.6 Å². The minimum absolute atomic E-state index is 0.000800. The molecule has 0 aromatic heterocycles. The maximum atomic E-state index is 14.5. The van der Waals surface area contributed by atoms with E-state index >= 15 is 0 Å². The molecule has 8 heteroatoms. The Bertz CT molecular complexity index is 1390. The van der Waals surface area contributed by atoms with Crippen molar-refractivity contribution in [2.45, 2.75) is 157 Å². The van der Waals surface area contributed by atoms with Crippen LogP contribution in [0.4, 0.5) is 0 Å². The van der Waals surface area contributed by atoms with Gasteiger partial charge in [-0.3, -0.25) is 14.8 Å². The Morgan fingerprint density at radius 3 is 2.48 bits per heavy atom. The van der Waals surface area contributed by atoms with Crippen LogP contribution in [0, 0.1) is 23.2 Å². The van der Waals surface area contributed by atoms with Gasteiger partial charge in [-0.2, -0.15) is 12.6 Å². The van der Waals surface area contributed by atoms with Crippen molar-refractivity contribution in [2.75, 3.05) is 19.8 Å². The summed E-state index contributed by atoms with van der Waals surface area (Å²) in [6, 6.07) is -0.221. The van der Waals surface area contributed by atoms with Crippen molar-refractivity contribution >= 4 is 30.0 Å². The number of hydrogen-bond donors (Lipinski definition) is 3. The molecule has 0 spiro atoms. The lowest BCUT2D eigenvalue weighted by molar-refractivity contribution is -0.131. The molecule has 1 saturated carbocycles. The first-order valence-corrected chi connectivity index (χ1v) is 20.7. The van der Waals surface area contributed by atoms with Gasteiger partial charge >= 0.3 is 0 Å². The molecular weight excluding hydrogens is 663 g/mol. The molecule has 3 unspecified atom stereocenters. The van der Waals surface area contributed by atoms with Crippen LogP contribution in [0.5, 0.6) is 0 Å². The highest BCUT2D eigenvalue weighted by atomic mass is 32.1. The van der Waals surface area contributed by atoms with Gasteiger partial charge in [-0.25, -0.2) is 0 Å². The van der Waals surface area contributed by atoms with E-state index in [0.29, 0.717) is 24.6 Å². The van der Waals surface area contributed by atoms with Crippen molar-refractivity contribution in [3.63, 3.8) is 0 Å². The van der Waals surface area contributed by atoms with Gasteiger partial charge in [0.1, 0.15) is 6.23 Å². The molecule has 4 N–H and O–H groups in total. The number of carbonyl (C=O) groups is 1. The average Bonchev–Trinajstić information content (AvgIpc) is 3.60. The number of ether oxygens (including phenoxy) is 1. The van der Waals surface area contributed by atoms with Crippen LogP contribution in [0.1, 0.15) is 133 Å². The summed E-state index contributed by atoms with van der Waals surface area (Å²) >= 11 is 4.70. The fraction of sp³-hybridized carbons (Fsp3) is 0.705. The number of allylic oxidation sites excluding steroid dienone is 5. The summed E-state index contributed by atoms with van der Waals surface area (Å²) in [5.41, 5.74) is 20.7. The van der Waals surface area contributed by atoms with Gasteiger partial charge in [-0.15, -0.1) is 0 Å². The number of nitrogens with zero attached hydrogens (tertiary/aromatic N) is 3. The number of rotatable bonds is 19. The summed E-state index contributed by atoms with van der Waals surface area (Å²) < 4.78 is 6.66. The van der Waals surface area contributed by atoms with Crippen molar-refractivity contribution in [3.8, 4) is 0 Å². The van der Waals surface area contributed by atoms with E-state index in [0.717, 1.165) is 67.9 Å². The first-order chi connectivity index (χ1) is 24.6. The Balaban J connectivity index is 1.96. The maximum absolute atomic E-state index is 14.5. The van der Waals surface area contributed by atoms with Gasteiger partial charge < -0.3 is 21.1 Å². The molecule has 3 rings (SSSR count). The van der Waals surface area contributed by atoms with Crippen LogP contribution in [-0.4, -0.2) is 65.6 Å². The molecule has 0 aromatic carbocycles. The zero-order chi connectivity index (χ0) is 38.6. The van der Waals surface area contributed by atoms with Gasteiger partial charge in [-0.1, -0.05) is 123 Å². The number of amides is 1. The molecule has 0 bridgehead atoms. The number of hydrogen-bond acceptors (Lipinski definition) is 7. The van der Waals surface area contributed by atoms with Crippen LogP contribution in [0.15, 0.2) is 68.7 Å². The van der Waals surface area contributed by atoms with E-state index in [4.69, 9.17) is 38.8 Å². The second kappa shape index (κ2) is 21.0. The molecule has 0 heterocycles. The minimum atomic E-state index is -0.631. The van der Waals surface area contributed by atoms with Gasteiger partial charge in [0.25, 0.3) is 5.91 Å². The molecule has 7 nitrogen and oxygen atoms in total. The fourth-order valence-electron chi connectivity index (χ4n) is 8.04. The summed E-state index contributed by atoms with van der Waals surface area (Å²) in [5.74, 6) is 0.855. The van der Waals surface area contributed by atoms with Crippen molar-refractivity contribution in [3.05, 3.63) is 58.7 Å². The second-order valence-electron chi connectivity index (χ2n) is 17.1. The molecule has 1 fully saturated rings. The lowest BCUT2D eigenvalue weighted by Gasteiger charge is -2.37. The highest BCUT2D eigenvalue weighted by molar-refractivity contribution is 7.81. The van der Waals surface area contributed by atoms with Crippen molar-refractivity contribution in [1.29, 1.82) is 0 Å². The van der Waals surface area contributed by atoms with Gasteiger partial charge in [0.2, 0.25) is 0 Å². The Labute approximate surface area is 323 Å². The Hall–Kier alpha value is -2.26. The van der Waals surface area contributed by atoms with Crippen LogP contribution in [0.2, 0.25) is 0 Å². The standard InChI is InChI=1S/C44H73N5O2S/c1-11-16-39(32(6)29(2)3)48-31(5)26-49(43(50)36-21-15-22-38(52)24-36)37(25-44(8,9)10)27-51-42(46)33(7)41(47-28-45)40-30(4)17-14-20-35(40)23-34-18-12-13-19-34/h15,17,21,24,29,33-34,37-39,42,52H,6,11-14,16,18-20,22-23,25-28,45-46H2,1-5,7-10H3/t33?,37-,38?,39+,42?/m1/s1. The molecule has 0 aromatic rings. The third-order valence-electron chi connectivity index (χ3n) is 10.9. The summed E-state index contributed by atoms with van der Waals surface area (Å²) in [5, 5.41) is 0.000800. The smallest absolute Gasteiger partial charge is 0.254 e. The molecular formula is C44H73N5O2S. The molecule has 3 aliphatic carbocycles. The van der Waals surface area contributed by atoms with Gasteiger partial charge in [0.15, 0.2) is 0 Å². The highest BCUT2D eigenvalue weighted by Crippen LogP contribution is 2.38. The van der Waals surface area contributed by atoms with E-state index < -0.39 is 6.23 Å². The Morgan fingerprint density at radius 2 is 1.88 bits per heavy atom. The molecule has 52 heavy (non-hydrogen) atoms. The van der Waals surface area contributed by atoms with Gasteiger partial charge in [0, 0.05) is 22.5 Å². The lowest BCUT2D eigenvalue weighted by atomic mass is 9.80. The molecule has 5 atom stereocenters. The number of aliphatic imine (C=N–C) groups is 2. The van der Waals surface area contributed by atoms with Crippen molar-refractivity contribution in [1.82, 2.24) is 4.90 Å². The molecule has 0 aliphatic heterocycles. The van der Waals surface area contributed by atoms with E-state index in [-0.39, 0.29) is 41.2 Å². The summed E-state index contributed by atoms with van der Waals surface area (Å²) in [4.78, 5) is 26.6. The molecule has 292 valence electrons. The van der Waals surface area contributed by atoms with E-state index in [9.17, 15) is 4.79 Å². The van der Waals surface area contributed by atoms with Crippen LogP contribution in [0.3, 0.4) is 0 Å². The summed E-state index contributed by atoms with van der Waals surface area (Å²) in [7, 11) is 0. The first-order valence-electron chi connectivity index (χ1n) is 20.2. The average molecular weight is 736 g/mol. The van der Waals surface area contributed by atoms with E-state index in [2.05, 4.69) is 68.0 Å². The normalized spacial score (nSPS) is 21.6. The Morgan fingerprint density at radius 1 is 1.19 bits per heavy atom. The molecule has 0 saturated heterocycles. The fourth-order valence-corrected chi connectivity index (χ4v) is 8.32. The molecule has 1 amide bonds. The quantitative estimate of drug-likeness (QED) is 0.0532. The van der Waals surface area contributed by atoms with Crippen LogP contribution in [-0.2, 0) is 9.53 Å². The zero-order valence-electron chi connectivity index (χ0n) is 34.2. The Kier molecular flexibility index (Phi) is 17.8. The SMILES string of the molecule is C=C(C(C)C)[C@H](CCC)N=C(C)CN(C(=O)C1=CC(S)CC=C1)[C@@H](COC(N)C(C)C(=NCN)C1=C(CC2CCCC2)CCC=C1C)CC(C)(C)C. The monoisotopic (exact) mass is 736 g/mol. The number of carbonyl (C=O) groups excluding carboxylic acids is 1. The number of thiol groups is 1. The van der Waals surface area contributed by atoms with Crippen molar-refractivity contribution < 1.29 is 9.53 Å². The minimum Gasteiger partial charge on any atom is -0.361 e. The topological polar surface area (TPSA) is 106 Å². The predicted octanol–water partition coefficient (Wildman–Crippen LogP) is 9.56. The molecule has 3 aliphatic rings. The third-order valence-corrected chi connectivity index (χ3v) is 11.3. The van der Waals surface area contributed by atoms with Crippen molar-refractivity contribution in [2.24, 2.45) is 44.6 Å². The lowest BCUT2D eigenvalue weighted by Crippen LogP contribution is -2.49. The maximum Gasteiger partial charge on any atom is 0.254 e. The number of nitrogens with two attached hydrogens (primary N) is 2. The second-order valence-corrected chi connectivity index (χ2v) is 17.8. The zero-order valence-corrected chi connectivity index (χ0v) is 35.1. The summed E-state index contributed by atoms with van der Waals surface area (Å²) in [6.07, 6.45) is 19.6. The molecule has 0 radical (unpaired) electrons. The van der Waals surface area contributed by atoms with Gasteiger partial charge in [-0.05, 0) is 80.8 Å². The van der Waals surface area contributed by atoms with E-state index in [1.54, 1.807) is 0 Å². The highest BCUT2D eigenvalue weighted by Gasteiger charge is 2.33. The van der Waals surface area contributed by atoms with Crippen LogP contribution in [0.25, 0.3) is 0 Å².